The van der Waals surface area contributed by atoms with Crippen LogP contribution in [0.15, 0.2) is 11.6 Å². The van der Waals surface area contributed by atoms with E-state index >= 15 is 0 Å². The Kier molecular flexibility index (Phi) is 25.1. The Bertz CT molecular complexity index is 758. The van der Waals surface area contributed by atoms with E-state index in [2.05, 4.69) is 0 Å². The summed E-state index contributed by atoms with van der Waals surface area (Å²) in [4.78, 5) is 11.0. The molecular weight excluding hydrogens is 608 g/mol. The lowest BCUT2D eigenvalue weighted by Gasteiger charge is -2.37. The Morgan fingerprint density at radius 3 is 1.06 bits per heavy atom. The standard InChI is InChI=1S/C16H28O4.2C12H24O2/c1-13(15(19)20)10-14-8-6-4-2-3-5-7-9-16(14,11-17)12-18;2*13-10-12(11-14)8-6-4-2-1-3-5-7-9-12/h10,14,17-18H,2-9,11-12H2,1H3,(H,19,20);2*13-14H,1-11H2. The van der Waals surface area contributed by atoms with E-state index in [4.69, 9.17) is 5.11 Å². The fourth-order valence-corrected chi connectivity index (χ4v) is 7.87. The summed E-state index contributed by atoms with van der Waals surface area (Å²) < 4.78 is 0. The summed E-state index contributed by atoms with van der Waals surface area (Å²) in [5.41, 5.74) is -0.610. The fraction of sp³-hybridized carbons (Fsp3) is 0.925. The second-order valence-electron chi connectivity index (χ2n) is 15.7. The largest absolute Gasteiger partial charge is 0.478 e. The zero-order valence-corrected chi connectivity index (χ0v) is 30.8. The lowest BCUT2D eigenvalue weighted by molar-refractivity contribution is -0.132. The summed E-state index contributed by atoms with van der Waals surface area (Å²) >= 11 is 0. The molecule has 0 heterocycles. The second kappa shape index (κ2) is 26.7. The van der Waals surface area contributed by atoms with Crippen LogP contribution in [-0.4, -0.2) is 81.4 Å². The molecule has 0 radical (unpaired) electrons. The van der Waals surface area contributed by atoms with E-state index in [-0.39, 0.29) is 56.4 Å². The highest BCUT2D eigenvalue weighted by Crippen LogP contribution is 2.39. The Labute approximate surface area is 293 Å². The Morgan fingerprint density at radius 2 is 0.771 bits per heavy atom. The summed E-state index contributed by atoms with van der Waals surface area (Å²) in [6, 6.07) is 0. The lowest BCUT2D eigenvalue weighted by atomic mass is 9.69. The molecule has 1 unspecified atom stereocenters. The van der Waals surface area contributed by atoms with Gasteiger partial charge in [0.05, 0.1) is 39.6 Å². The van der Waals surface area contributed by atoms with Crippen molar-refractivity contribution < 1.29 is 40.5 Å². The first-order valence-electron chi connectivity index (χ1n) is 19.8. The normalized spacial score (nSPS) is 24.7. The Hall–Kier alpha value is -1.03. The molecule has 0 amide bonds. The SMILES string of the molecule is CC(=CC1CCCCCCCCC1(CO)CO)C(=O)O.OCC1(CO)CCCCCCCCC1.OCC1(CO)CCCCCCCCC1. The van der Waals surface area contributed by atoms with Crippen LogP contribution < -0.4 is 0 Å². The number of aliphatic carboxylic acids is 1. The number of aliphatic hydroxyl groups excluding tert-OH is 6. The van der Waals surface area contributed by atoms with Gasteiger partial charge in [-0.1, -0.05) is 134 Å². The van der Waals surface area contributed by atoms with E-state index in [1.807, 2.05) is 0 Å². The minimum absolute atomic E-state index is 0.0632. The number of carboxylic acids is 1. The van der Waals surface area contributed by atoms with Gasteiger partial charge in [-0.2, -0.15) is 0 Å². The van der Waals surface area contributed by atoms with Crippen LogP contribution in [0.1, 0.15) is 174 Å². The topological polar surface area (TPSA) is 159 Å². The molecule has 3 aliphatic carbocycles. The van der Waals surface area contributed by atoms with Gasteiger partial charge in [0.15, 0.2) is 0 Å². The quantitative estimate of drug-likeness (QED) is 0.128. The summed E-state index contributed by atoms with van der Waals surface area (Å²) in [6.07, 6.45) is 31.8. The van der Waals surface area contributed by atoms with Gasteiger partial charge in [-0.25, -0.2) is 4.79 Å². The summed E-state index contributed by atoms with van der Waals surface area (Å²) in [7, 11) is 0. The predicted molar refractivity (Wildman–Crippen MR) is 195 cm³/mol. The van der Waals surface area contributed by atoms with Gasteiger partial charge in [0.2, 0.25) is 0 Å². The van der Waals surface area contributed by atoms with Crippen molar-refractivity contribution in [3.05, 3.63) is 11.6 Å². The molecule has 0 saturated heterocycles. The molecule has 8 nitrogen and oxygen atoms in total. The van der Waals surface area contributed by atoms with Gasteiger partial charge >= 0.3 is 5.97 Å². The highest BCUT2D eigenvalue weighted by atomic mass is 16.4. The monoisotopic (exact) mass is 685 g/mol. The number of hydrogen-bond donors (Lipinski definition) is 7. The maximum Gasteiger partial charge on any atom is 0.330 e. The number of aliphatic hydroxyl groups is 6. The van der Waals surface area contributed by atoms with Gasteiger partial charge in [-0.05, 0) is 51.4 Å². The third-order valence-corrected chi connectivity index (χ3v) is 11.8. The van der Waals surface area contributed by atoms with Crippen LogP contribution in [0.4, 0.5) is 0 Å². The van der Waals surface area contributed by atoms with E-state index in [1.54, 1.807) is 13.0 Å². The van der Waals surface area contributed by atoms with Gasteiger partial charge in [-0.3, -0.25) is 0 Å². The van der Waals surface area contributed by atoms with Gasteiger partial charge in [0.1, 0.15) is 0 Å². The number of hydrogen-bond acceptors (Lipinski definition) is 7. The highest BCUT2D eigenvalue weighted by Gasteiger charge is 2.36. The van der Waals surface area contributed by atoms with E-state index in [0.717, 1.165) is 64.2 Å². The number of rotatable bonds is 8. The van der Waals surface area contributed by atoms with Gasteiger partial charge in [-0.15, -0.1) is 0 Å². The van der Waals surface area contributed by atoms with Gasteiger partial charge in [0.25, 0.3) is 0 Å². The van der Waals surface area contributed by atoms with Crippen LogP contribution in [-0.2, 0) is 4.79 Å². The molecule has 48 heavy (non-hydrogen) atoms. The first-order chi connectivity index (χ1) is 23.2. The Morgan fingerprint density at radius 1 is 0.479 bits per heavy atom. The molecule has 0 aliphatic heterocycles. The molecule has 284 valence electrons. The predicted octanol–water partition coefficient (Wildman–Crippen LogP) is 7.70. The first kappa shape index (κ1) is 45.0. The van der Waals surface area contributed by atoms with Crippen LogP contribution in [0.25, 0.3) is 0 Å². The van der Waals surface area contributed by atoms with Crippen molar-refractivity contribution in [2.75, 3.05) is 39.6 Å². The van der Waals surface area contributed by atoms with Crippen molar-refractivity contribution in [3.63, 3.8) is 0 Å². The van der Waals surface area contributed by atoms with E-state index in [0.29, 0.717) is 5.57 Å². The fourth-order valence-electron chi connectivity index (χ4n) is 7.87. The molecule has 3 fully saturated rings. The van der Waals surface area contributed by atoms with E-state index < -0.39 is 11.4 Å². The third kappa shape index (κ3) is 17.3. The molecule has 8 heteroatoms. The maximum absolute atomic E-state index is 11.0. The number of carboxylic acid groups (broad SMARTS) is 1. The van der Waals surface area contributed by atoms with Crippen LogP contribution in [0, 0.1) is 22.2 Å². The average molecular weight is 685 g/mol. The maximum atomic E-state index is 11.0. The smallest absolute Gasteiger partial charge is 0.330 e. The molecule has 7 N–H and O–H groups in total. The molecule has 3 saturated carbocycles. The molecule has 3 rings (SSSR count). The van der Waals surface area contributed by atoms with Crippen LogP contribution >= 0.6 is 0 Å². The van der Waals surface area contributed by atoms with Crippen molar-refractivity contribution in [1.29, 1.82) is 0 Å². The molecule has 0 aromatic heterocycles. The molecule has 0 aromatic carbocycles. The van der Waals surface area contributed by atoms with Gasteiger partial charge in [0, 0.05) is 21.8 Å². The average Bonchev–Trinajstić information content (AvgIpc) is 3.12. The molecule has 0 aromatic rings. The summed E-state index contributed by atoms with van der Waals surface area (Å²) in [5, 5.41) is 66.1. The number of allylic oxidation sites excluding steroid dienone is 1. The summed E-state index contributed by atoms with van der Waals surface area (Å²) in [5.74, 6) is -0.987. The van der Waals surface area contributed by atoms with Crippen LogP contribution in [0.3, 0.4) is 0 Å². The van der Waals surface area contributed by atoms with Crippen molar-refractivity contribution in [3.8, 4) is 0 Å². The summed E-state index contributed by atoms with van der Waals surface area (Å²) in [6.45, 7) is 2.04. The molecule has 1 atom stereocenters. The van der Waals surface area contributed by atoms with E-state index in [1.165, 1.54) is 103 Å². The number of carbonyl (C=O) groups is 1. The van der Waals surface area contributed by atoms with Crippen molar-refractivity contribution >= 4 is 5.97 Å². The van der Waals surface area contributed by atoms with Crippen molar-refractivity contribution in [2.24, 2.45) is 22.2 Å². The van der Waals surface area contributed by atoms with E-state index in [9.17, 15) is 35.4 Å². The van der Waals surface area contributed by atoms with Gasteiger partial charge < -0.3 is 35.7 Å². The molecule has 3 aliphatic rings. The zero-order chi connectivity index (χ0) is 35.6. The van der Waals surface area contributed by atoms with Crippen molar-refractivity contribution in [1.82, 2.24) is 0 Å². The Balaban J connectivity index is 0.000000369. The van der Waals surface area contributed by atoms with Crippen LogP contribution in [0.5, 0.6) is 0 Å². The third-order valence-electron chi connectivity index (χ3n) is 11.8. The lowest BCUT2D eigenvalue weighted by Crippen LogP contribution is -2.38. The zero-order valence-electron chi connectivity index (χ0n) is 30.8. The highest BCUT2D eigenvalue weighted by molar-refractivity contribution is 5.85. The molecule has 0 bridgehead atoms. The minimum atomic E-state index is -0.924. The second-order valence-corrected chi connectivity index (χ2v) is 15.7. The molecule has 0 spiro atoms. The van der Waals surface area contributed by atoms with Crippen molar-refractivity contribution in [2.45, 2.75) is 174 Å². The first-order valence-corrected chi connectivity index (χ1v) is 19.8. The van der Waals surface area contributed by atoms with Crippen LogP contribution in [0.2, 0.25) is 0 Å². The minimum Gasteiger partial charge on any atom is -0.478 e. The molecular formula is C40H76O8.